The van der Waals surface area contributed by atoms with Crippen molar-refractivity contribution in [2.24, 2.45) is 10.7 Å². The fraction of sp³-hybridized carbons (Fsp3) is 0.222. The van der Waals surface area contributed by atoms with Crippen LogP contribution in [0.2, 0.25) is 0 Å². The van der Waals surface area contributed by atoms with Gasteiger partial charge in [0.1, 0.15) is 12.1 Å². The maximum Gasteiger partial charge on any atom is 0.211 e. The van der Waals surface area contributed by atoms with Crippen LogP contribution >= 0.6 is 0 Å². The maximum atomic E-state index is 9.81. The first-order valence-electron chi connectivity index (χ1n) is 7.54. The van der Waals surface area contributed by atoms with Gasteiger partial charge in [-0.3, -0.25) is 9.79 Å². The standard InChI is InChI=1S/C13H18N2O.C5H5N3O/c1-9-5-6-12(7-13(9)16-4)15-8-10(2)11(3)14;9-4-8-5-1-6-3-7-2-5/h5-8H,14H2,1-4H3;1-4H,(H,8,9)/b11-10-,15-8?;. The number of rotatable bonds is 5. The molecule has 1 aromatic carbocycles. The van der Waals surface area contributed by atoms with E-state index >= 15 is 0 Å². The second-order valence-electron chi connectivity index (χ2n) is 5.17. The molecular formula is C18H23N5O2. The monoisotopic (exact) mass is 341 g/mol. The summed E-state index contributed by atoms with van der Waals surface area (Å²) in [4.78, 5) is 21.5. The summed E-state index contributed by atoms with van der Waals surface area (Å²) in [6.45, 7) is 5.79. The SMILES string of the molecule is COc1cc(N=C/C(C)=C(/C)N)ccc1C.O=CNc1cncnc1. The highest BCUT2D eigenvalue weighted by atomic mass is 16.5. The molecule has 0 aliphatic rings. The lowest BCUT2D eigenvalue weighted by atomic mass is 10.2. The zero-order valence-corrected chi connectivity index (χ0v) is 14.9. The Balaban J connectivity index is 0.000000293. The van der Waals surface area contributed by atoms with Crippen molar-refractivity contribution in [1.82, 2.24) is 9.97 Å². The molecule has 132 valence electrons. The maximum absolute atomic E-state index is 9.81. The molecule has 0 spiro atoms. The van der Waals surface area contributed by atoms with Gasteiger partial charge >= 0.3 is 0 Å². The first-order chi connectivity index (χ1) is 12.0. The largest absolute Gasteiger partial charge is 0.496 e. The van der Waals surface area contributed by atoms with E-state index in [9.17, 15) is 4.79 Å². The van der Waals surface area contributed by atoms with Crippen LogP contribution in [-0.4, -0.2) is 29.7 Å². The molecule has 0 saturated heterocycles. The quantitative estimate of drug-likeness (QED) is 0.643. The number of aryl methyl sites for hydroxylation is 1. The molecule has 3 N–H and O–H groups in total. The van der Waals surface area contributed by atoms with E-state index in [1.54, 1.807) is 13.3 Å². The van der Waals surface area contributed by atoms with Crippen LogP contribution in [0.4, 0.5) is 11.4 Å². The van der Waals surface area contributed by atoms with Crippen LogP contribution < -0.4 is 15.8 Å². The first-order valence-corrected chi connectivity index (χ1v) is 7.54. The third-order valence-electron chi connectivity index (χ3n) is 3.21. The van der Waals surface area contributed by atoms with Crippen LogP contribution in [0.3, 0.4) is 0 Å². The molecule has 0 bridgehead atoms. The van der Waals surface area contributed by atoms with Gasteiger partial charge in [0.05, 0.1) is 30.9 Å². The minimum Gasteiger partial charge on any atom is -0.496 e. The van der Waals surface area contributed by atoms with E-state index in [0.717, 1.165) is 28.3 Å². The van der Waals surface area contributed by atoms with Crippen molar-refractivity contribution in [2.75, 3.05) is 12.4 Å². The number of carbonyl (C=O) groups excluding carboxylic acids is 1. The highest BCUT2D eigenvalue weighted by Crippen LogP contribution is 2.23. The Morgan fingerprint density at radius 1 is 1.28 bits per heavy atom. The zero-order valence-electron chi connectivity index (χ0n) is 14.9. The second-order valence-corrected chi connectivity index (χ2v) is 5.17. The first kappa shape index (κ1) is 19.8. The van der Waals surface area contributed by atoms with Crippen LogP contribution in [0.15, 0.2) is 53.2 Å². The van der Waals surface area contributed by atoms with Gasteiger partial charge in [-0.1, -0.05) is 6.07 Å². The number of allylic oxidation sites excluding steroid dienone is 2. The molecular weight excluding hydrogens is 318 g/mol. The average molecular weight is 341 g/mol. The number of methoxy groups -OCH3 is 1. The summed E-state index contributed by atoms with van der Waals surface area (Å²) < 4.78 is 5.23. The Morgan fingerprint density at radius 2 is 1.96 bits per heavy atom. The Bertz CT molecular complexity index is 738. The van der Waals surface area contributed by atoms with Crippen molar-refractivity contribution in [1.29, 1.82) is 0 Å². The number of carbonyl (C=O) groups is 1. The van der Waals surface area contributed by atoms with E-state index in [2.05, 4.69) is 20.3 Å². The van der Waals surface area contributed by atoms with Crippen molar-refractivity contribution in [3.8, 4) is 5.75 Å². The Morgan fingerprint density at radius 3 is 2.52 bits per heavy atom. The summed E-state index contributed by atoms with van der Waals surface area (Å²) >= 11 is 0. The van der Waals surface area contributed by atoms with Gasteiger partial charge in [0.25, 0.3) is 0 Å². The van der Waals surface area contributed by atoms with Crippen molar-refractivity contribution in [3.05, 3.63) is 53.8 Å². The van der Waals surface area contributed by atoms with Gasteiger partial charge in [-0.15, -0.1) is 0 Å². The van der Waals surface area contributed by atoms with Crippen LogP contribution in [0.25, 0.3) is 0 Å². The molecule has 2 aromatic rings. The smallest absolute Gasteiger partial charge is 0.211 e. The number of hydrogen-bond donors (Lipinski definition) is 2. The predicted octanol–water partition coefficient (Wildman–Crippen LogP) is 3.00. The fourth-order valence-corrected chi connectivity index (χ4v) is 1.60. The molecule has 0 aliphatic heterocycles. The van der Waals surface area contributed by atoms with Crippen LogP contribution in [-0.2, 0) is 4.79 Å². The van der Waals surface area contributed by atoms with Crippen LogP contribution in [0, 0.1) is 6.92 Å². The van der Waals surface area contributed by atoms with E-state index in [1.807, 2.05) is 39.0 Å². The van der Waals surface area contributed by atoms with Gasteiger partial charge in [-0.05, 0) is 38.0 Å². The van der Waals surface area contributed by atoms with Gasteiger partial charge in [-0.25, -0.2) is 9.97 Å². The summed E-state index contributed by atoms with van der Waals surface area (Å²) in [5, 5.41) is 2.40. The second kappa shape index (κ2) is 10.5. The third-order valence-corrected chi connectivity index (χ3v) is 3.21. The molecule has 25 heavy (non-hydrogen) atoms. The fourth-order valence-electron chi connectivity index (χ4n) is 1.60. The summed E-state index contributed by atoms with van der Waals surface area (Å²) in [5.74, 6) is 0.848. The van der Waals surface area contributed by atoms with Crippen molar-refractivity contribution >= 4 is 24.0 Å². The number of nitrogens with two attached hydrogens (primary N) is 1. The van der Waals surface area contributed by atoms with E-state index in [-0.39, 0.29) is 0 Å². The molecule has 0 saturated carbocycles. The number of nitrogens with one attached hydrogen (secondary N) is 1. The molecule has 0 unspecified atom stereocenters. The molecule has 0 atom stereocenters. The molecule has 2 rings (SSSR count). The van der Waals surface area contributed by atoms with Gasteiger partial charge in [0.2, 0.25) is 6.41 Å². The van der Waals surface area contributed by atoms with E-state index in [4.69, 9.17) is 10.5 Å². The predicted molar refractivity (Wildman–Crippen MR) is 100 cm³/mol. The third kappa shape index (κ3) is 7.26. The highest BCUT2D eigenvalue weighted by Gasteiger charge is 1.98. The number of amides is 1. The number of nitrogens with zero attached hydrogens (tertiary/aromatic N) is 3. The van der Waals surface area contributed by atoms with Gasteiger partial charge < -0.3 is 15.8 Å². The lowest BCUT2D eigenvalue weighted by Gasteiger charge is -2.04. The normalized spacial score (nSPS) is 11.2. The summed E-state index contributed by atoms with van der Waals surface area (Å²) in [6.07, 6.45) is 6.77. The lowest BCUT2D eigenvalue weighted by Crippen LogP contribution is -1.95. The summed E-state index contributed by atoms with van der Waals surface area (Å²) in [6, 6.07) is 5.85. The molecule has 0 radical (unpaired) electrons. The van der Waals surface area contributed by atoms with Crippen LogP contribution in [0.1, 0.15) is 19.4 Å². The lowest BCUT2D eigenvalue weighted by molar-refractivity contribution is -0.105. The van der Waals surface area contributed by atoms with Gasteiger partial charge in [-0.2, -0.15) is 0 Å². The summed E-state index contributed by atoms with van der Waals surface area (Å²) in [7, 11) is 1.66. The Labute approximate surface area is 147 Å². The van der Waals surface area contributed by atoms with Crippen LogP contribution in [0.5, 0.6) is 5.75 Å². The number of ether oxygens (including phenoxy) is 1. The topological polar surface area (TPSA) is 102 Å². The molecule has 7 heteroatoms. The number of anilines is 1. The zero-order chi connectivity index (χ0) is 18.7. The van der Waals surface area contributed by atoms with Crippen molar-refractivity contribution in [3.63, 3.8) is 0 Å². The van der Waals surface area contributed by atoms with Gasteiger partial charge in [0.15, 0.2) is 0 Å². The van der Waals surface area contributed by atoms with E-state index < -0.39 is 0 Å². The Hall–Kier alpha value is -3.22. The number of aromatic nitrogens is 2. The Kier molecular flexibility index (Phi) is 8.35. The number of hydrogen-bond acceptors (Lipinski definition) is 6. The molecule has 1 amide bonds. The molecule has 0 fully saturated rings. The molecule has 7 nitrogen and oxygen atoms in total. The molecule has 1 aromatic heterocycles. The molecule has 0 aliphatic carbocycles. The number of aliphatic imine (C=N–C) groups is 1. The number of benzene rings is 1. The van der Waals surface area contributed by atoms with Gasteiger partial charge in [0, 0.05) is 18.0 Å². The van der Waals surface area contributed by atoms with Crippen molar-refractivity contribution in [2.45, 2.75) is 20.8 Å². The average Bonchev–Trinajstić information content (AvgIpc) is 2.62. The summed E-state index contributed by atoms with van der Waals surface area (Å²) in [5.41, 5.74) is 9.96. The minimum atomic E-state index is 0.582. The van der Waals surface area contributed by atoms with E-state index in [1.165, 1.54) is 18.7 Å². The van der Waals surface area contributed by atoms with E-state index in [0.29, 0.717) is 12.1 Å². The minimum absolute atomic E-state index is 0.582. The highest BCUT2D eigenvalue weighted by molar-refractivity contribution is 5.81. The van der Waals surface area contributed by atoms with Crippen molar-refractivity contribution < 1.29 is 9.53 Å². The molecule has 1 heterocycles.